The van der Waals surface area contributed by atoms with Crippen molar-refractivity contribution in [2.24, 2.45) is 0 Å². The fourth-order valence-corrected chi connectivity index (χ4v) is 1.06. The van der Waals surface area contributed by atoms with Gasteiger partial charge in [0.05, 0.1) is 6.54 Å². The lowest BCUT2D eigenvalue weighted by Crippen LogP contribution is -2.16. The van der Waals surface area contributed by atoms with Crippen LogP contribution in [0.5, 0.6) is 0 Å². The van der Waals surface area contributed by atoms with E-state index in [1.807, 2.05) is 19.1 Å². The average molecular weight is 181 g/mol. The highest BCUT2D eigenvalue weighted by atomic mass is 16.3. The van der Waals surface area contributed by atoms with Gasteiger partial charge in [0.15, 0.2) is 0 Å². The number of aryl methyl sites for hydroxylation is 1. The van der Waals surface area contributed by atoms with E-state index in [-0.39, 0.29) is 5.78 Å². The molecule has 13 heavy (non-hydrogen) atoms. The van der Waals surface area contributed by atoms with E-state index in [9.17, 15) is 4.79 Å². The molecule has 1 heterocycles. The summed E-state index contributed by atoms with van der Waals surface area (Å²) in [6, 6.07) is 3.87. The van der Waals surface area contributed by atoms with E-state index in [1.165, 1.54) is 0 Å². The summed E-state index contributed by atoms with van der Waals surface area (Å²) in [4.78, 5) is 10.6. The molecule has 0 aromatic carbocycles. The highest BCUT2D eigenvalue weighted by molar-refractivity contribution is 5.75. The third-order valence-corrected chi connectivity index (χ3v) is 1.75. The Morgan fingerprint density at radius 2 is 2.31 bits per heavy atom. The van der Waals surface area contributed by atoms with Crippen molar-refractivity contribution in [2.75, 3.05) is 6.54 Å². The van der Waals surface area contributed by atoms with Gasteiger partial charge in [-0.05, 0) is 26.0 Å². The molecule has 0 aliphatic heterocycles. The number of hydrogen-bond donors (Lipinski definition) is 1. The van der Waals surface area contributed by atoms with Crippen LogP contribution in [-0.4, -0.2) is 12.3 Å². The van der Waals surface area contributed by atoms with E-state index >= 15 is 0 Å². The Labute approximate surface area is 78.1 Å². The molecule has 3 nitrogen and oxygen atoms in total. The van der Waals surface area contributed by atoms with Crippen molar-refractivity contribution in [3.63, 3.8) is 0 Å². The Bertz CT molecular complexity index is 278. The van der Waals surface area contributed by atoms with Gasteiger partial charge >= 0.3 is 0 Å². The molecule has 72 valence electrons. The van der Waals surface area contributed by atoms with Crippen molar-refractivity contribution in [2.45, 2.75) is 26.8 Å². The van der Waals surface area contributed by atoms with Gasteiger partial charge < -0.3 is 9.73 Å². The Morgan fingerprint density at radius 1 is 1.54 bits per heavy atom. The minimum Gasteiger partial charge on any atom is -0.465 e. The quantitative estimate of drug-likeness (QED) is 0.702. The van der Waals surface area contributed by atoms with Gasteiger partial charge in [-0.25, -0.2) is 0 Å². The van der Waals surface area contributed by atoms with E-state index < -0.39 is 0 Å². The van der Waals surface area contributed by atoms with Crippen LogP contribution in [0.4, 0.5) is 0 Å². The van der Waals surface area contributed by atoms with E-state index in [0.717, 1.165) is 18.1 Å². The summed E-state index contributed by atoms with van der Waals surface area (Å²) >= 11 is 0. The minimum absolute atomic E-state index is 0.211. The molecule has 1 rings (SSSR count). The number of ketones is 1. The second-order valence-electron chi connectivity index (χ2n) is 3.14. The maximum atomic E-state index is 10.6. The molecule has 1 N–H and O–H groups in total. The highest BCUT2D eigenvalue weighted by Gasteiger charge is 1.97. The summed E-state index contributed by atoms with van der Waals surface area (Å²) in [6.07, 6.45) is 0.583. The van der Waals surface area contributed by atoms with Crippen LogP contribution >= 0.6 is 0 Å². The number of Topliss-reactive ketones (excluding diaryl/α,β-unsaturated/α-hetero) is 1. The molecule has 0 saturated carbocycles. The number of furan rings is 1. The van der Waals surface area contributed by atoms with Crippen molar-refractivity contribution in [1.82, 2.24) is 5.32 Å². The molecule has 0 aliphatic rings. The molecule has 0 unspecified atom stereocenters. The SMILES string of the molecule is CC(=O)CCNCc1ccc(C)o1. The molecular weight excluding hydrogens is 166 g/mol. The summed E-state index contributed by atoms with van der Waals surface area (Å²) in [5.74, 6) is 2.05. The van der Waals surface area contributed by atoms with Gasteiger partial charge in [0.25, 0.3) is 0 Å². The molecule has 0 amide bonds. The highest BCUT2D eigenvalue weighted by Crippen LogP contribution is 2.05. The maximum absolute atomic E-state index is 10.6. The molecule has 0 fully saturated rings. The molecule has 0 bridgehead atoms. The van der Waals surface area contributed by atoms with E-state index in [4.69, 9.17) is 4.42 Å². The smallest absolute Gasteiger partial charge is 0.131 e. The fraction of sp³-hybridized carbons (Fsp3) is 0.500. The van der Waals surface area contributed by atoms with Crippen molar-refractivity contribution in [1.29, 1.82) is 0 Å². The molecule has 1 aromatic rings. The Kier molecular flexibility index (Phi) is 3.71. The summed E-state index contributed by atoms with van der Waals surface area (Å²) < 4.78 is 5.34. The summed E-state index contributed by atoms with van der Waals surface area (Å²) in [5.41, 5.74) is 0. The van der Waals surface area contributed by atoms with E-state index in [0.29, 0.717) is 13.0 Å². The van der Waals surface area contributed by atoms with Gasteiger partial charge in [0.1, 0.15) is 17.3 Å². The first kappa shape index (κ1) is 9.99. The average Bonchev–Trinajstić information content (AvgIpc) is 2.45. The third-order valence-electron chi connectivity index (χ3n) is 1.75. The largest absolute Gasteiger partial charge is 0.465 e. The molecule has 0 atom stereocenters. The van der Waals surface area contributed by atoms with Gasteiger partial charge in [-0.15, -0.1) is 0 Å². The Morgan fingerprint density at radius 3 is 2.85 bits per heavy atom. The summed E-state index contributed by atoms with van der Waals surface area (Å²) in [5, 5.41) is 3.13. The van der Waals surface area contributed by atoms with Crippen LogP contribution in [0.25, 0.3) is 0 Å². The number of carbonyl (C=O) groups is 1. The lowest BCUT2D eigenvalue weighted by molar-refractivity contribution is -0.116. The number of rotatable bonds is 5. The standard InChI is InChI=1S/C10H15NO2/c1-8(12)5-6-11-7-10-4-3-9(2)13-10/h3-4,11H,5-7H2,1-2H3. The zero-order chi connectivity index (χ0) is 9.68. The molecular formula is C10H15NO2. The first-order valence-corrected chi connectivity index (χ1v) is 4.44. The molecule has 1 aromatic heterocycles. The molecule has 0 saturated heterocycles. The monoisotopic (exact) mass is 181 g/mol. The van der Waals surface area contributed by atoms with Crippen LogP contribution in [0.15, 0.2) is 16.5 Å². The fourth-order valence-electron chi connectivity index (χ4n) is 1.06. The first-order valence-electron chi connectivity index (χ1n) is 4.44. The van der Waals surface area contributed by atoms with Crippen LogP contribution in [0.2, 0.25) is 0 Å². The predicted molar refractivity (Wildman–Crippen MR) is 50.4 cm³/mol. The predicted octanol–water partition coefficient (Wildman–Crippen LogP) is 1.66. The second kappa shape index (κ2) is 4.82. The van der Waals surface area contributed by atoms with Gasteiger partial charge in [0.2, 0.25) is 0 Å². The second-order valence-corrected chi connectivity index (χ2v) is 3.14. The topological polar surface area (TPSA) is 42.2 Å². The molecule has 0 aliphatic carbocycles. The summed E-state index contributed by atoms with van der Waals surface area (Å²) in [7, 11) is 0. The van der Waals surface area contributed by atoms with E-state index in [1.54, 1.807) is 6.92 Å². The first-order chi connectivity index (χ1) is 6.18. The lowest BCUT2D eigenvalue weighted by atomic mass is 10.3. The van der Waals surface area contributed by atoms with Crippen molar-refractivity contribution in [3.8, 4) is 0 Å². The van der Waals surface area contributed by atoms with Crippen LogP contribution in [0.1, 0.15) is 24.9 Å². The lowest BCUT2D eigenvalue weighted by Gasteiger charge is -1.99. The van der Waals surface area contributed by atoms with Crippen molar-refractivity contribution in [3.05, 3.63) is 23.7 Å². The number of hydrogen-bond acceptors (Lipinski definition) is 3. The van der Waals surface area contributed by atoms with E-state index in [2.05, 4.69) is 5.32 Å². The normalized spacial score (nSPS) is 10.3. The minimum atomic E-state index is 0.211. The zero-order valence-electron chi connectivity index (χ0n) is 8.09. The molecule has 0 radical (unpaired) electrons. The van der Waals surface area contributed by atoms with Crippen LogP contribution in [0.3, 0.4) is 0 Å². The maximum Gasteiger partial charge on any atom is 0.131 e. The van der Waals surface area contributed by atoms with Crippen molar-refractivity contribution >= 4 is 5.78 Å². The van der Waals surface area contributed by atoms with Crippen LogP contribution < -0.4 is 5.32 Å². The number of nitrogens with one attached hydrogen (secondary N) is 1. The van der Waals surface area contributed by atoms with Crippen LogP contribution in [0, 0.1) is 6.92 Å². The van der Waals surface area contributed by atoms with Gasteiger partial charge in [-0.3, -0.25) is 4.79 Å². The Hall–Kier alpha value is -1.09. The zero-order valence-corrected chi connectivity index (χ0v) is 8.09. The van der Waals surface area contributed by atoms with Gasteiger partial charge in [-0.1, -0.05) is 0 Å². The Balaban J connectivity index is 2.16. The molecule has 0 spiro atoms. The third kappa shape index (κ3) is 3.90. The number of carbonyl (C=O) groups excluding carboxylic acids is 1. The van der Waals surface area contributed by atoms with Crippen LogP contribution in [-0.2, 0) is 11.3 Å². The van der Waals surface area contributed by atoms with Gasteiger partial charge in [-0.2, -0.15) is 0 Å². The van der Waals surface area contributed by atoms with Gasteiger partial charge in [0, 0.05) is 13.0 Å². The summed E-state index contributed by atoms with van der Waals surface area (Å²) in [6.45, 7) is 4.92. The molecule has 3 heteroatoms. The van der Waals surface area contributed by atoms with Crippen molar-refractivity contribution < 1.29 is 9.21 Å².